The summed E-state index contributed by atoms with van der Waals surface area (Å²) in [7, 11) is 0. The first kappa shape index (κ1) is 11.7. The maximum atomic E-state index is 5.89. The highest BCUT2D eigenvalue weighted by Gasteiger charge is 2.08. The van der Waals surface area contributed by atoms with Crippen LogP contribution in [0.3, 0.4) is 0 Å². The fraction of sp³-hybridized carbons (Fsp3) is 0.300. The first-order valence-electron chi connectivity index (χ1n) is 4.21. The van der Waals surface area contributed by atoms with E-state index in [2.05, 4.69) is 22.4 Å². The van der Waals surface area contributed by atoms with E-state index in [1.807, 2.05) is 19.1 Å². The Morgan fingerprint density at radius 1 is 1.43 bits per heavy atom. The van der Waals surface area contributed by atoms with Crippen molar-refractivity contribution in [3.05, 3.63) is 33.8 Å². The maximum absolute atomic E-state index is 5.89. The molecule has 1 aromatic rings. The third kappa shape index (κ3) is 2.79. The lowest BCUT2D eigenvalue weighted by Gasteiger charge is -2.09. The summed E-state index contributed by atoms with van der Waals surface area (Å²) in [6, 6.07) is 5.51. The van der Waals surface area contributed by atoms with Crippen molar-refractivity contribution in [2.24, 2.45) is 4.99 Å². The molecule has 0 amide bonds. The molecule has 0 aromatic heterocycles. The van der Waals surface area contributed by atoms with E-state index < -0.39 is 0 Å². The molecule has 0 spiro atoms. The number of halogens is 2. The standard InChI is InChI=1S/C10H9Cl2NS/c1-2-10(13-6-14)7-3-4-8(11)9(12)5-7/h3-5,10H,2H2,1H3. The second-order valence-corrected chi connectivity index (χ2v) is 3.81. The lowest BCUT2D eigenvalue weighted by Crippen LogP contribution is -1.92. The molecule has 0 aliphatic rings. The zero-order valence-corrected chi connectivity index (χ0v) is 9.96. The Labute approximate surface area is 98.8 Å². The summed E-state index contributed by atoms with van der Waals surface area (Å²) in [5, 5.41) is 3.48. The van der Waals surface area contributed by atoms with Crippen LogP contribution in [0.4, 0.5) is 0 Å². The van der Waals surface area contributed by atoms with Crippen molar-refractivity contribution in [2.45, 2.75) is 19.4 Å². The maximum Gasteiger partial charge on any atom is 0.0850 e. The Morgan fingerprint density at radius 3 is 2.64 bits per heavy atom. The van der Waals surface area contributed by atoms with Crippen LogP contribution >= 0.6 is 35.4 Å². The minimum Gasteiger partial charge on any atom is -0.224 e. The quantitative estimate of drug-likeness (QED) is 0.563. The van der Waals surface area contributed by atoms with Crippen LogP contribution in [0.25, 0.3) is 0 Å². The van der Waals surface area contributed by atoms with Crippen LogP contribution in [0.15, 0.2) is 23.2 Å². The van der Waals surface area contributed by atoms with E-state index in [4.69, 9.17) is 23.2 Å². The number of nitrogens with zero attached hydrogens (tertiary/aromatic N) is 1. The number of aliphatic imine (C=N–C) groups is 1. The molecule has 1 aromatic carbocycles. The Balaban J connectivity index is 3.05. The van der Waals surface area contributed by atoms with Crippen molar-refractivity contribution >= 4 is 40.6 Å². The van der Waals surface area contributed by atoms with Crippen molar-refractivity contribution < 1.29 is 0 Å². The molecule has 1 rings (SSSR count). The van der Waals surface area contributed by atoms with Crippen LogP contribution < -0.4 is 0 Å². The van der Waals surface area contributed by atoms with E-state index in [-0.39, 0.29) is 6.04 Å². The van der Waals surface area contributed by atoms with E-state index >= 15 is 0 Å². The molecule has 0 bridgehead atoms. The minimum atomic E-state index is 0.0299. The van der Waals surface area contributed by atoms with Crippen molar-refractivity contribution in [2.75, 3.05) is 0 Å². The van der Waals surface area contributed by atoms with Gasteiger partial charge < -0.3 is 0 Å². The summed E-state index contributed by atoms with van der Waals surface area (Å²) < 4.78 is 0. The van der Waals surface area contributed by atoms with Gasteiger partial charge in [-0.15, -0.1) is 0 Å². The van der Waals surface area contributed by atoms with Gasteiger partial charge >= 0.3 is 0 Å². The van der Waals surface area contributed by atoms with Gasteiger partial charge in [0, 0.05) is 0 Å². The van der Waals surface area contributed by atoms with Crippen LogP contribution in [0.1, 0.15) is 24.9 Å². The van der Waals surface area contributed by atoms with E-state index in [9.17, 15) is 0 Å². The van der Waals surface area contributed by atoms with Gasteiger partial charge in [0.1, 0.15) is 0 Å². The molecule has 0 radical (unpaired) electrons. The van der Waals surface area contributed by atoms with Crippen molar-refractivity contribution in [1.82, 2.24) is 0 Å². The van der Waals surface area contributed by atoms with Crippen molar-refractivity contribution in [1.29, 1.82) is 0 Å². The van der Waals surface area contributed by atoms with Crippen molar-refractivity contribution in [3.63, 3.8) is 0 Å². The van der Waals surface area contributed by atoms with E-state index in [1.165, 1.54) is 0 Å². The number of hydrogen-bond donors (Lipinski definition) is 0. The number of isothiocyanates is 1. The molecule has 0 heterocycles. The zero-order valence-electron chi connectivity index (χ0n) is 7.63. The number of rotatable bonds is 3. The summed E-state index contributed by atoms with van der Waals surface area (Å²) in [5.74, 6) is 0. The molecule has 4 heteroatoms. The first-order chi connectivity index (χ1) is 6.69. The molecule has 1 atom stereocenters. The molecule has 0 aliphatic carbocycles. The van der Waals surface area contributed by atoms with Crippen LogP contribution in [-0.4, -0.2) is 5.16 Å². The molecule has 0 aliphatic heterocycles. The predicted octanol–water partition coefficient (Wildman–Crippen LogP) is 4.55. The topological polar surface area (TPSA) is 12.4 Å². The summed E-state index contributed by atoms with van der Waals surface area (Å²) in [4.78, 5) is 4.05. The molecule has 74 valence electrons. The minimum absolute atomic E-state index is 0.0299. The molecule has 0 fully saturated rings. The molecular formula is C10H9Cl2NS. The zero-order chi connectivity index (χ0) is 10.6. The van der Waals surface area contributed by atoms with Crippen LogP contribution in [0, 0.1) is 0 Å². The molecular weight excluding hydrogens is 237 g/mol. The van der Waals surface area contributed by atoms with Gasteiger partial charge in [0.2, 0.25) is 0 Å². The second-order valence-electron chi connectivity index (χ2n) is 2.82. The second kappa shape index (κ2) is 5.47. The Bertz CT molecular complexity index is 372. The summed E-state index contributed by atoms with van der Waals surface area (Å²) >= 11 is 16.3. The largest absolute Gasteiger partial charge is 0.224 e. The molecule has 0 saturated heterocycles. The van der Waals surface area contributed by atoms with E-state index in [1.54, 1.807) is 6.07 Å². The molecule has 1 nitrogen and oxygen atoms in total. The predicted molar refractivity (Wildman–Crippen MR) is 64.5 cm³/mol. The van der Waals surface area contributed by atoms with Gasteiger partial charge in [0.25, 0.3) is 0 Å². The van der Waals surface area contributed by atoms with Gasteiger partial charge in [-0.1, -0.05) is 36.2 Å². The highest BCUT2D eigenvalue weighted by atomic mass is 35.5. The lowest BCUT2D eigenvalue weighted by atomic mass is 10.1. The first-order valence-corrected chi connectivity index (χ1v) is 5.37. The Kier molecular flexibility index (Phi) is 4.56. The van der Waals surface area contributed by atoms with Gasteiger partial charge in [0.05, 0.1) is 21.2 Å². The average Bonchev–Trinajstić information content (AvgIpc) is 2.19. The van der Waals surface area contributed by atoms with Gasteiger partial charge in [0.15, 0.2) is 0 Å². The monoisotopic (exact) mass is 245 g/mol. The molecule has 0 N–H and O–H groups in total. The molecule has 1 unspecified atom stereocenters. The fourth-order valence-corrected chi connectivity index (χ4v) is 1.62. The smallest absolute Gasteiger partial charge is 0.0850 e. The third-order valence-electron chi connectivity index (χ3n) is 1.92. The van der Waals surface area contributed by atoms with E-state index in [0.29, 0.717) is 10.0 Å². The highest BCUT2D eigenvalue weighted by Crippen LogP contribution is 2.28. The normalized spacial score (nSPS) is 11.9. The summed E-state index contributed by atoms with van der Waals surface area (Å²) in [6.45, 7) is 2.03. The number of benzene rings is 1. The van der Waals surface area contributed by atoms with Gasteiger partial charge in [-0.2, -0.15) is 0 Å². The molecule has 14 heavy (non-hydrogen) atoms. The average molecular weight is 246 g/mol. The highest BCUT2D eigenvalue weighted by molar-refractivity contribution is 7.78. The van der Waals surface area contributed by atoms with Crippen molar-refractivity contribution in [3.8, 4) is 0 Å². The van der Waals surface area contributed by atoms with E-state index in [0.717, 1.165) is 12.0 Å². The fourth-order valence-electron chi connectivity index (χ4n) is 1.18. The van der Waals surface area contributed by atoms with Gasteiger partial charge in [-0.05, 0) is 36.3 Å². The Morgan fingerprint density at radius 2 is 2.14 bits per heavy atom. The number of thiocarbonyl (C=S) groups is 1. The van der Waals surface area contributed by atoms with Crippen LogP contribution in [-0.2, 0) is 0 Å². The van der Waals surface area contributed by atoms with Crippen LogP contribution in [0.5, 0.6) is 0 Å². The SMILES string of the molecule is CCC(N=C=S)c1ccc(Cl)c(Cl)c1. The van der Waals surface area contributed by atoms with Gasteiger partial charge in [-0.3, -0.25) is 0 Å². The summed E-state index contributed by atoms with van der Waals surface area (Å²) in [5.41, 5.74) is 1.01. The molecule has 0 saturated carbocycles. The van der Waals surface area contributed by atoms with Crippen LogP contribution in [0.2, 0.25) is 10.0 Å². The third-order valence-corrected chi connectivity index (χ3v) is 2.77. The van der Waals surface area contributed by atoms with Gasteiger partial charge in [-0.25, -0.2) is 4.99 Å². The lowest BCUT2D eigenvalue weighted by molar-refractivity contribution is 0.706. The Hall–Kier alpha value is -0.400. The summed E-state index contributed by atoms with van der Waals surface area (Å²) in [6.07, 6.45) is 0.863. The number of hydrogen-bond acceptors (Lipinski definition) is 2.